The molecule has 0 saturated carbocycles. The van der Waals surface area contributed by atoms with Crippen LogP contribution in [-0.2, 0) is 16.1 Å². The summed E-state index contributed by atoms with van der Waals surface area (Å²) in [5.41, 5.74) is 1.65. The maximum absolute atomic E-state index is 13.5. The number of methoxy groups -OCH3 is 1. The summed E-state index contributed by atoms with van der Waals surface area (Å²) in [4.78, 5) is 14.1. The van der Waals surface area contributed by atoms with Gasteiger partial charge in [0.1, 0.15) is 11.9 Å². The Morgan fingerprint density at radius 2 is 2.04 bits per heavy atom. The van der Waals surface area contributed by atoms with Crippen LogP contribution >= 0.6 is 11.6 Å². The van der Waals surface area contributed by atoms with Crippen molar-refractivity contribution in [3.8, 4) is 0 Å². The second kappa shape index (κ2) is 8.50. The number of halogens is 2. The van der Waals surface area contributed by atoms with E-state index in [1.165, 1.54) is 19.2 Å². The highest BCUT2D eigenvalue weighted by Crippen LogP contribution is 2.27. The third kappa shape index (κ3) is 4.36. The van der Waals surface area contributed by atoms with E-state index in [1.807, 2.05) is 35.2 Å². The maximum atomic E-state index is 13.5. The zero-order valence-electron chi connectivity index (χ0n) is 13.4. The highest BCUT2D eigenvalue weighted by molar-refractivity contribution is 6.31. The van der Waals surface area contributed by atoms with Crippen molar-refractivity contribution in [3.63, 3.8) is 0 Å². The van der Waals surface area contributed by atoms with Crippen LogP contribution in [0.4, 0.5) is 10.1 Å². The quantitative estimate of drug-likeness (QED) is 0.541. The van der Waals surface area contributed by atoms with E-state index in [9.17, 15) is 9.18 Å². The molecule has 0 aliphatic rings. The molecule has 5 heteroatoms. The number of carbonyl (C=O) groups is 1. The normalized spacial score (nSPS) is 11.6. The summed E-state index contributed by atoms with van der Waals surface area (Å²) in [6.07, 6.45) is 2.05. The van der Waals surface area contributed by atoms with E-state index in [0.29, 0.717) is 18.7 Å². The molecule has 1 unspecified atom stereocenters. The van der Waals surface area contributed by atoms with Crippen LogP contribution in [0.15, 0.2) is 61.2 Å². The summed E-state index contributed by atoms with van der Waals surface area (Å²) in [6, 6.07) is 13.5. The lowest BCUT2D eigenvalue weighted by Gasteiger charge is -2.31. The van der Waals surface area contributed by atoms with Crippen molar-refractivity contribution in [3.05, 3.63) is 77.6 Å². The Labute approximate surface area is 146 Å². The zero-order chi connectivity index (χ0) is 17.5. The summed E-state index contributed by atoms with van der Waals surface area (Å²) in [6.45, 7) is 4.17. The highest BCUT2D eigenvalue weighted by Gasteiger charge is 2.26. The zero-order valence-corrected chi connectivity index (χ0v) is 14.2. The topological polar surface area (TPSA) is 29.5 Å². The standard InChI is InChI=1S/C19H19ClFNO2/c1-3-7-18(19(23)24-2)22(13-14-8-5-4-6-9-14)15-10-11-17(21)16(20)12-15/h3-6,8-12,18H,1,7,13H2,2H3. The molecule has 0 bridgehead atoms. The van der Waals surface area contributed by atoms with Crippen molar-refractivity contribution < 1.29 is 13.9 Å². The van der Waals surface area contributed by atoms with Crippen molar-refractivity contribution >= 4 is 23.3 Å². The first-order chi connectivity index (χ1) is 11.6. The Hall–Kier alpha value is -2.33. The number of esters is 1. The van der Waals surface area contributed by atoms with E-state index < -0.39 is 11.9 Å². The Morgan fingerprint density at radius 3 is 2.62 bits per heavy atom. The monoisotopic (exact) mass is 347 g/mol. The van der Waals surface area contributed by atoms with Crippen LogP contribution in [0.1, 0.15) is 12.0 Å². The fourth-order valence-corrected chi connectivity index (χ4v) is 2.64. The first-order valence-corrected chi connectivity index (χ1v) is 7.89. The van der Waals surface area contributed by atoms with Crippen molar-refractivity contribution in [2.45, 2.75) is 19.0 Å². The molecular weight excluding hydrogens is 329 g/mol. The van der Waals surface area contributed by atoms with Gasteiger partial charge in [-0.25, -0.2) is 9.18 Å². The van der Waals surface area contributed by atoms with E-state index in [2.05, 4.69) is 6.58 Å². The van der Waals surface area contributed by atoms with Gasteiger partial charge in [-0.15, -0.1) is 6.58 Å². The van der Waals surface area contributed by atoms with E-state index >= 15 is 0 Å². The van der Waals surface area contributed by atoms with Crippen LogP contribution in [0, 0.1) is 5.82 Å². The summed E-state index contributed by atoms with van der Waals surface area (Å²) < 4.78 is 18.4. The van der Waals surface area contributed by atoms with Crippen molar-refractivity contribution in [2.24, 2.45) is 0 Å². The molecule has 0 N–H and O–H groups in total. The Bertz CT molecular complexity index is 706. The van der Waals surface area contributed by atoms with Crippen LogP contribution < -0.4 is 4.90 Å². The second-order valence-corrected chi connectivity index (χ2v) is 5.68. The highest BCUT2D eigenvalue weighted by atomic mass is 35.5. The van der Waals surface area contributed by atoms with Crippen LogP contribution in [0.5, 0.6) is 0 Å². The third-order valence-electron chi connectivity index (χ3n) is 3.67. The van der Waals surface area contributed by atoms with Gasteiger partial charge in [-0.3, -0.25) is 0 Å². The molecule has 2 rings (SSSR count). The molecule has 0 fully saturated rings. The van der Waals surface area contributed by atoms with E-state index in [1.54, 1.807) is 12.1 Å². The molecule has 0 aliphatic carbocycles. The van der Waals surface area contributed by atoms with Crippen molar-refractivity contribution in [2.75, 3.05) is 12.0 Å². The average Bonchev–Trinajstić information content (AvgIpc) is 2.60. The number of rotatable bonds is 7. The lowest BCUT2D eigenvalue weighted by atomic mass is 10.1. The van der Waals surface area contributed by atoms with Gasteiger partial charge in [0, 0.05) is 12.2 Å². The molecule has 0 aromatic heterocycles. The summed E-state index contributed by atoms with van der Waals surface area (Å²) in [7, 11) is 1.34. The van der Waals surface area contributed by atoms with Crippen LogP contribution in [0.2, 0.25) is 5.02 Å². The summed E-state index contributed by atoms with van der Waals surface area (Å²) in [5.74, 6) is -0.885. The fraction of sp³-hybridized carbons (Fsp3) is 0.211. The van der Waals surface area contributed by atoms with E-state index in [-0.39, 0.29) is 11.0 Å². The predicted octanol–water partition coefficient (Wildman–Crippen LogP) is 4.60. The van der Waals surface area contributed by atoms with Gasteiger partial charge in [-0.1, -0.05) is 48.0 Å². The third-order valence-corrected chi connectivity index (χ3v) is 3.96. The van der Waals surface area contributed by atoms with Gasteiger partial charge in [-0.2, -0.15) is 0 Å². The Morgan fingerprint density at radius 1 is 1.33 bits per heavy atom. The largest absolute Gasteiger partial charge is 0.467 e. The number of ether oxygens (including phenoxy) is 1. The molecule has 2 aromatic carbocycles. The van der Waals surface area contributed by atoms with Crippen LogP contribution in [0.3, 0.4) is 0 Å². The number of carbonyl (C=O) groups excluding carboxylic acids is 1. The van der Waals surface area contributed by atoms with Crippen molar-refractivity contribution in [1.29, 1.82) is 0 Å². The molecule has 0 spiro atoms. The molecule has 0 heterocycles. The number of benzene rings is 2. The maximum Gasteiger partial charge on any atom is 0.328 e. The van der Waals surface area contributed by atoms with Gasteiger partial charge in [-0.05, 0) is 30.2 Å². The van der Waals surface area contributed by atoms with Gasteiger partial charge in [0.15, 0.2) is 0 Å². The van der Waals surface area contributed by atoms with Gasteiger partial charge in [0.05, 0.1) is 12.1 Å². The van der Waals surface area contributed by atoms with Gasteiger partial charge >= 0.3 is 5.97 Å². The molecule has 0 saturated heterocycles. The molecule has 3 nitrogen and oxygen atoms in total. The van der Waals surface area contributed by atoms with E-state index in [4.69, 9.17) is 16.3 Å². The van der Waals surface area contributed by atoms with Gasteiger partial charge in [0.25, 0.3) is 0 Å². The summed E-state index contributed by atoms with van der Waals surface area (Å²) >= 11 is 5.92. The molecule has 1 atom stereocenters. The molecule has 2 aromatic rings. The number of anilines is 1. The molecular formula is C19H19ClFNO2. The number of hydrogen-bond donors (Lipinski definition) is 0. The predicted molar refractivity (Wildman–Crippen MR) is 94.7 cm³/mol. The lowest BCUT2D eigenvalue weighted by Crippen LogP contribution is -2.41. The molecule has 0 radical (unpaired) electrons. The Kier molecular flexibility index (Phi) is 6.38. The van der Waals surface area contributed by atoms with Gasteiger partial charge < -0.3 is 9.64 Å². The SMILES string of the molecule is C=CCC(C(=O)OC)N(Cc1ccccc1)c1ccc(F)c(Cl)c1. The average molecular weight is 348 g/mol. The molecule has 24 heavy (non-hydrogen) atoms. The van der Waals surface area contributed by atoms with Crippen LogP contribution in [0.25, 0.3) is 0 Å². The number of nitrogens with zero attached hydrogens (tertiary/aromatic N) is 1. The minimum absolute atomic E-state index is 0.00720. The minimum atomic E-state index is -0.575. The Balaban J connectivity index is 2.44. The fourth-order valence-electron chi connectivity index (χ4n) is 2.47. The summed E-state index contributed by atoms with van der Waals surface area (Å²) in [5, 5.41) is 0.00720. The molecule has 126 valence electrons. The first kappa shape index (κ1) is 18.0. The number of hydrogen-bond acceptors (Lipinski definition) is 3. The molecule has 0 aliphatic heterocycles. The van der Waals surface area contributed by atoms with Gasteiger partial charge in [0.2, 0.25) is 0 Å². The van der Waals surface area contributed by atoms with Crippen molar-refractivity contribution in [1.82, 2.24) is 0 Å². The van der Waals surface area contributed by atoms with Crippen LogP contribution in [-0.4, -0.2) is 19.1 Å². The minimum Gasteiger partial charge on any atom is -0.467 e. The lowest BCUT2D eigenvalue weighted by molar-refractivity contribution is -0.142. The molecule has 0 amide bonds. The van der Waals surface area contributed by atoms with E-state index in [0.717, 1.165) is 5.56 Å². The second-order valence-electron chi connectivity index (χ2n) is 5.28. The smallest absolute Gasteiger partial charge is 0.328 e. The first-order valence-electron chi connectivity index (χ1n) is 7.51.